The molecule has 0 spiro atoms. The zero-order valence-electron chi connectivity index (χ0n) is 10.2. The molecule has 0 heterocycles. The quantitative estimate of drug-likeness (QED) is 0.761. The predicted octanol–water partition coefficient (Wildman–Crippen LogP) is 1.73. The van der Waals surface area contributed by atoms with Gasteiger partial charge in [0, 0.05) is 18.5 Å². The summed E-state index contributed by atoms with van der Waals surface area (Å²) in [7, 11) is 0. The Hall–Kier alpha value is -2.02. The van der Waals surface area contributed by atoms with Crippen LogP contribution in [0.3, 0.4) is 0 Å². The molecule has 1 aromatic carbocycles. The third kappa shape index (κ3) is 3.99. The summed E-state index contributed by atoms with van der Waals surface area (Å²) < 4.78 is 26.5. The Bertz CT molecular complexity index is 506. The maximum atomic E-state index is 13.4. The van der Waals surface area contributed by atoms with E-state index in [1.54, 1.807) is 6.92 Å². The monoisotopic (exact) mass is 272 g/mol. The fourth-order valence-electron chi connectivity index (χ4n) is 1.39. The van der Waals surface area contributed by atoms with Crippen LogP contribution >= 0.6 is 0 Å². The second-order valence-electron chi connectivity index (χ2n) is 4.04. The van der Waals surface area contributed by atoms with E-state index >= 15 is 0 Å². The van der Waals surface area contributed by atoms with Gasteiger partial charge in [-0.15, -0.1) is 0 Å². The van der Waals surface area contributed by atoms with Crippen molar-refractivity contribution in [3.63, 3.8) is 0 Å². The molecule has 0 aliphatic rings. The highest BCUT2D eigenvalue weighted by Gasteiger charge is 2.17. The Labute approximate surface area is 108 Å². The first-order valence-corrected chi connectivity index (χ1v) is 5.63. The first kappa shape index (κ1) is 15.0. The molecule has 0 aliphatic heterocycles. The predicted molar refractivity (Wildman–Crippen MR) is 64.8 cm³/mol. The second-order valence-corrected chi connectivity index (χ2v) is 4.04. The number of benzene rings is 1. The molecule has 19 heavy (non-hydrogen) atoms. The fraction of sp³-hybridized carbons (Fsp3) is 0.333. The summed E-state index contributed by atoms with van der Waals surface area (Å²) in [4.78, 5) is 22.2. The Morgan fingerprint density at radius 1 is 1.37 bits per heavy atom. The van der Waals surface area contributed by atoms with Crippen LogP contribution in [-0.4, -0.2) is 23.0 Å². The summed E-state index contributed by atoms with van der Waals surface area (Å²) in [5.74, 6) is -4.34. The van der Waals surface area contributed by atoms with Crippen LogP contribution in [0.2, 0.25) is 0 Å². The molecule has 0 saturated heterocycles. The average Bonchev–Trinajstić information content (AvgIpc) is 2.31. The third-order valence-electron chi connectivity index (χ3n) is 2.53. The third-order valence-corrected chi connectivity index (χ3v) is 2.53. The first-order chi connectivity index (χ1) is 8.85. The molecule has 1 amide bonds. The van der Waals surface area contributed by atoms with Crippen molar-refractivity contribution in [2.45, 2.75) is 25.8 Å². The van der Waals surface area contributed by atoms with Crippen LogP contribution < -0.4 is 11.1 Å². The minimum atomic E-state index is -1.54. The van der Waals surface area contributed by atoms with Gasteiger partial charge in [-0.2, -0.15) is 0 Å². The highest BCUT2D eigenvalue weighted by molar-refractivity contribution is 5.94. The maximum Gasteiger partial charge on any atom is 0.338 e. The van der Waals surface area contributed by atoms with Crippen LogP contribution in [0, 0.1) is 11.6 Å². The summed E-state index contributed by atoms with van der Waals surface area (Å²) >= 11 is 0. The van der Waals surface area contributed by atoms with Crippen LogP contribution in [-0.2, 0) is 4.79 Å². The molecule has 4 N–H and O–H groups in total. The Morgan fingerprint density at radius 2 is 2.00 bits per heavy atom. The van der Waals surface area contributed by atoms with Crippen molar-refractivity contribution in [2.24, 2.45) is 5.73 Å². The van der Waals surface area contributed by atoms with Gasteiger partial charge < -0.3 is 16.2 Å². The second kappa shape index (κ2) is 6.24. The van der Waals surface area contributed by atoms with E-state index in [-0.39, 0.29) is 18.2 Å². The number of nitrogens with two attached hydrogens (primary N) is 1. The molecule has 0 aliphatic carbocycles. The highest BCUT2D eigenvalue weighted by atomic mass is 19.1. The van der Waals surface area contributed by atoms with Crippen LogP contribution in [0.15, 0.2) is 12.1 Å². The van der Waals surface area contributed by atoms with Crippen LogP contribution in [0.4, 0.5) is 14.5 Å². The van der Waals surface area contributed by atoms with Gasteiger partial charge in [0.15, 0.2) is 0 Å². The Kier molecular flexibility index (Phi) is 4.94. The fourth-order valence-corrected chi connectivity index (χ4v) is 1.39. The van der Waals surface area contributed by atoms with Crippen LogP contribution in [0.5, 0.6) is 0 Å². The van der Waals surface area contributed by atoms with Gasteiger partial charge in [-0.3, -0.25) is 4.79 Å². The van der Waals surface area contributed by atoms with E-state index in [1.165, 1.54) is 0 Å². The SMILES string of the molecule is CCC(N)CC(=O)Nc1cc(C(=O)O)c(F)cc1F. The smallest absolute Gasteiger partial charge is 0.338 e. The lowest BCUT2D eigenvalue weighted by atomic mass is 10.1. The molecular formula is C12H14F2N2O3. The first-order valence-electron chi connectivity index (χ1n) is 5.63. The van der Waals surface area contributed by atoms with Crippen LogP contribution in [0.25, 0.3) is 0 Å². The standard InChI is InChI=1S/C12H14F2N2O3/c1-2-6(15)3-11(17)16-10-4-7(12(18)19)8(13)5-9(10)14/h4-6H,2-3,15H2,1H3,(H,16,17)(H,18,19). The molecular weight excluding hydrogens is 258 g/mol. The minimum Gasteiger partial charge on any atom is -0.478 e. The highest BCUT2D eigenvalue weighted by Crippen LogP contribution is 2.20. The van der Waals surface area contributed by atoms with Gasteiger partial charge >= 0.3 is 5.97 Å². The topological polar surface area (TPSA) is 92.4 Å². The zero-order valence-corrected chi connectivity index (χ0v) is 10.2. The van der Waals surface area contributed by atoms with Crippen molar-refractivity contribution in [1.29, 1.82) is 0 Å². The van der Waals surface area contributed by atoms with Crippen LogP contribution in [0.1, 0.15) is 30.1 Å². The van der Waals surface area contributed by atoms with Gasteiger partial charge in [0.2, 0.25) is 5.91 Å². The number of nitrogens with one attached hydrogen (secondary N) is 1. The van der Waals surface area contributed by atoms with Gasteiger partial charge in [-0.25, -0.2) is 13.6 Å². The number of hydrogen-bond acceptors (Lipinski definition) is 3. The van der Waals surface area contributed by atoms with Gasteiger partial charge in [0.05, 0.1) is 11.3 Å². The molecule has 1 aromatic rings. The number of aromatic carboxylic acids is 1. The van der Waals surface area contributed by atoms with Crippen molar-refractivity contribution < 1.29 is 23.5 Å². The zero-order chi connectivity index (χ0) is 14.6. The number of rotatable bonds is 5. The van der Waals surface area contributed by atoms with Crippen molar-refractivity contribution >= 4 is 17.6 Å². The van der Waals surface area contributed by atoms with E-state index in [9.17, 15) is 18.4 Å². The number of anilines is 1. The molecule has 1 unspecified atom stereocenters. The largest absolute Gasteiger partial charge is 0.478 e. The van der Waals surface area contributed by atoms with E-state index in [0.717, 1.165) is 6.07 Å². The molecule has 0 radical (unpaired) electrons. The van der Waals surface area contributed by atoms with E-state index < -0.39 is 29.1 Å². The molecule has 0 fully saturated rings. The molecule has 0 bridgehead atoms. The van der Waals surface area contributed by atoms with Crippen molar-refractivity contribution in [2.75, 3.05) is 5.32 Å². The van der Waals surface area contributed by atoms with Gasteiger partial charge in [-0.1, -0.05) is 6.92 Å². The molecule has 1 rings (SSSR count). The summed E-state index contributed by atoms with van der Waals surface area (Å²) in [5.41, 5.74) is 4.47. The number of halogens is 2. The molecule has 1 atom stereocenters. The lowest BCUT2D eigenvalue weighted by Gasteiger charge is -2.11. The van der Waals surface area contributed by atoms with E-state index in [2.05, 4.69) is 5.32 Å². The number of carboxylic acids is 1. The summed E-state index contributed by atoms with van der Waals surface area (Å²) in [6.45, 7) is 1.79. The maximum absolute atomic E-state index is 13.4. The molecule has 7 heteroatoms. The number of hydrogen-bond donors (Lipinski definition) is 3. The summed E-state index contributed by atoms with van der Waals surface area (Å²) in [6, 6.07) is 0.781. The summed E-state index contributed by atoms with van der Waals surface area (Å²) in [5, 5.41) is 10.9. The normalized spacial score (nSPS) is 12.0. The number of amides is 1. The molecule has 104 valence electrons. The number of carbonyl (C=O) groups is 2. The summed E-state index contributed by atoms with van der Waals surface area (Å²) in [6.07, 6.45) is 0.537. The van der Waals surface area contributed by atoms with E-state index in [4.69, 9.17) is 10.8 Å². The van der Waals surface area contributed by atoms with E-state index in [1.807, 2.05) is 0 Å². The molecule has 0 saturated carbocycles. The number of carboxylic acid groups (broad SMARTS) is 1. The van der Waals surface area contributed by atoms with E-state index in [0.29, 0.717) is 12.5 Å². The molecule has 0 aromatic heterocycles. The lowest BCUT2D eigenvalue weighted by molar-refractivity contribution is -0.116. The van der Waals surface area contributed by atoms with Gasteiger partial charge in [0.1, 0.15) is 11.6 Å². The Morgan fingerprint density at radius 3 is 2.53 bits per heavy atom. The van der Waals surface area contributed by atoms with Crippen molar-refractivity contribution in [1.82, 2.24) is 0 Å². The Balaban J connectivity index is 2.92. The number of carbonyl (C=O) groups excluding carboxylic acids is 1. The minimum absolute atomic E-state index is 0.0320. The van der Waals surface area contributed by atoms with Gasteiger partial charge in [0.25, 0.3) is 0 Å². The van der Waals surface area contributed by atoms with Crippen molar-refractivity contribution in [3.8, 4) is 0 Å². The molecule has 5 nitrogen and oxygen atoms in total. The van der Waals surface area contributed by atoms with Gasteiger partial charge in [-0.05, 0) is 12.5 Å². The average molecular weight is 272 g/mol. The lowest BCUT2D eigenvalue weighted by Crippen LogP contribution is -2.26. The van der Waals surface area contributed by atoms with Crippen molar-refractivity contribution in [3.05, 3.63) is 29.3 Å².